The van der Waals surface area contributed by atoms with Crippen LogP contribution < -0.4 is 20.1 Å². The molecule has 0 atom stereocenters. The molecular weight excluding hydrogens is 350 g/mol. The van der Waals surface area contributed by atoms with Crippen LogP contribution in [0.5, 0.6) is 11.5 Å². The summed E-state index contributed by atoms with van der Waals surface area (Å²) in [5.74, 6) is 1.41. The summed E-state index contributed by atoms with van der Waals surface area (Å²) in [7, 11) is 3.03. The van der Waals surface area contributed by atoms with E-state index in [-0.39, 0.29) is 12.8 Å². The van der Waals surface area contributed by atoms with Gasteiger partial charge in [-0.15, -0.1) is 0 Å². The lowest BCUT2D eigenvalue weighted by Gasteiger charge is -2.18. The summed E-state index contributed by atoms with van der Waals surface area (Å²) in [4.78, 5) is 25.0. The Morgan fingerprint density at radius 2 is 1.78 bits per heavy atom. The molecule has 0 radical (unpaired) electrons. The van der Waals surface area contributed by atoms with Crippen molar-refractivity contribution >= 4 is 17.8 Å². The molecule has 0 aromatic heterocycles. The number of nitrogens with one attached hydrogen (secondary N) is 2. The number of methoxy groups -OCH3 is 1. The van der Waals surface area contributed by atoms with Gasteiger partial charge in [0.05, 0.1) is 7.11 Å². The first-order valence-electron chi connectivity index (χ1n) is 8.36. The van der Waals surface area contributed by atoms with Crippen molar-refractivity contribution < 1.29 is 23.8 Å². The summed E-state index contributed by atoms with van der Waals surface area (Å²) in [6.45, 7) is 1.05. The van der Waals surface area contributed by atoms with Gasteiger partial charge in [0.15, 0.2) is 11.5 Å². The van der Waals surface area contributed by atoms with Gasteiger partial charge in [0, 0.05) is 25.8 Å². The van der Waals surface area contributed by atoms with Crippen molar-refractivity contribution in [3.05, 3.63) is 53.6 Å². The van der Waals surface area contributed by atoms with Crippen molar-refractivity contribution in [3.8, 4) is 11.5 Å². The first-order valence-corrected chi connectivity index (χ1v) is 8.36. The Morgan fingerprint density at radius 1 is 1.07 bits per heavy atom. The average molecular weight is 371 g/mol. The van der Waals surface area contributed by atoms with E-state index in [0.29, 0.717) is 24.5 Å². The Morgan fingerprint density at radius 3 is 2.52 bits per heavy atom. The first kappa shape index (κ1) is 18.4. The molecule has 2 aromatic carbocycles. The third-order valence-electron chi connectivity index (χ3n) is 4.03. The van der Waals surface area contributed by atoms with Gasteiger partial charge in [-0.2, -0.15) is 0 Å². The maximum absolute atomic E-state index is 12.3. The summed E-state index contributed by atoms with van der Waals surface area (Å²) in [6, 6.07) is 12.6. The van der Waals surface area contributed by atoms with Crippen molar-refractivity contribution in [1.82, 2.24) is 10.2 Å². The second-order valence-corrected chi connectivity index (χ2v) is 6.02. The number of rotatable bonds is 5. The third kappa shape index (κ3) is 4.81. The van der Waals surface area contributed by atoms with E-state index in [9.17, 15) is 9.59 Å². The molecule has 0 spiro atoms. The molecule has 1 aliphatic rings. The standard InChI is InChI=1S/C19H21N3O5/c1-22(11-14-5-8-16-17(9-14)27-12-26-16)18(23)20-10-13-3-6-15(7-4-13)21-19(24)25-2/h3-9H,10-12H2,1-2H3,(H,20,23)(H,21,24). The number of carbonyl (C=O) groups excluding carboxylic acids is 2. The fraction of sp³-hybridized carbons (Fsp3) is 0.263. The highest BCUT2D eigenvalue weighted by molar-refractivity contribution is 5.84. The lowest BCUT2D eigenvalue weighted by molar-refractivity contribution is 0.174. The zero-order chi connectivity index (χ0) is 19.2. The fourth-order valence-electron chi connectivity index (χ4n) is 2.57. The summed E-state index contributed by atoms with van der Waals surface area (Å²) in [6.07, 6.45) is -0.527. The van der Waals surface area contributed by atoms with E-state index in [1.54, 1.807) is 24.1 Å². The molecule has 8 nitrogen and oxygen atoms in total. The van der Waals surface area contributed by atoms with Gasteiger partial charge in [0.2, 0.25) is 6.79 Å². The summed E-state index contributed by atoms with van der Waals surface area (Å²) in [5.41, 5.74) is 2.49. The predicted octanol–water partition coefficient (Wildman–Crippen LogP) is 2.94. The molecule has 1 heterocycles. The second-order valence-electron chi connectivity index (χ2n) is 6.02. The van der Waals surface area contributed by atoms with Gasteiger partial charge in [0.1, 0.15) is 0 Å². The van der Waals surface area contributed by atoms with Crippen LogP contribution in [0, 0.1) is 0 Å². The van der Waals surface area contributed by atoms with Crippen molar-refractivity contribution in [2.45, 2.75) is 13.1 Å². The highest BCUT2D eigenvalue weighted by Gasteiger charge is 2.15. The normalized spacial score (nSPS) is 11.6. The first-order chi connectivity index (χ1) is 13.0. The third-order valence-corrected chi connectivity index (χ3v) is 4.03. The monoisotopic (exact) mass is 371 g/mol. The van der Waals surface area contributed by atoms with Gasteiger partial charge in [-0.25, -0.2) is 9.59 Å². The number of amides is 3. The predicted molar refractivity (Wildman–Crippen MR) is 98.7 cm³/mol. The van der Waals surface area contributed by atoms with Gasteiger partial charge in [-0.1, -0.05) is 18.2 Å². The van der Waals surface area contributed by atoms with E-state index in [1.807, 2.05) is 30.3 Å². The average Bonchev–Trinajstić information content (AvgIpc) is 3.14. The molecule has 2 aromatic rings. The molecular formula is C19H21N3O5. The molecule has 3 amide bonds. The quantitative estimate of drug-likeness (QED) is 0.844. The van der Waals surface area contributed by atoms with Gasteiger partial charge in [-0.3, -0.25) is 5.32 Å². The van der Waals surface area contributed by atoms with Gasteiger partial charge < -0.3 is 24.4 Å². The van der Waals surface area contributed by atoms with Crippen molar-refractivity contribution in [2.75, 3.05) is 26.3 Å². The molecule has 0 aliphatic carbocycles. The van der Waals surface area contributed by atoms with Crippen LogP contribution in [0.4, 0.5) is 15.3 Å². The molecule has 0 saturated carbocycles. The summed E-state index contributed by atoms with van der Waals surface area (Å²) < 4.78 is 15.2. The highest BCUT2D eigenvalue weighted by Crippen LogP contribution is 2.32. The molecule has 0 unspecified atom stereocenters. The van der Waals surface area contributed by atoms with E-state index in [1.165, 1.54) is 7.11 Å². The van der Waals surface area contributed by atoms with E-state index >= 15 is 0 Å². The van der Waals surface area contributed by atoms with Crippen LogP contribution in [0.25, 0.3) is 0 Å². The SMILES string of the molecule is COC(=O)Nc1ccc(CNC(=O)N(C)Cc2ccc3c(c2)OCO3)cc1. The van der Waals surface area contributed by atoms with Crippen LogP contribution >= 0.6 is 0 Å². The topological polar surface area (TPSA) is 89.1 Å². The maximum atomic E-state index is 12.3. The summed E-state index contributed by atoms with van der Waals surface area (Å²) >= 11 is 0. The van der Waals surface area contributed by atoms with Gasteiger partial charge in [-0.05, 0) is 35.4 Å². The zero-order valence-electron chi connectivity index (χ0n) is 15.2. The Labute approximate surface area is 157 Å². The molecule has 0 fully saturated rings. The summed E-state index contributed by atoms with van der Waals surface area (Å²) in [5, 5.41) is 5.43. The van der Waals surface area contributed by atoms with Crippen molar-refractivity contribution in [2.24, 2.45) is 0 Å². The van der Waals surface area contributed by atoms with Crippen LogP contribution in [0.3, 0.4) is 0 Å². The molecule has 1 aliphatic heterocycles. The van der Waals surface area contributed by atoms with Gasteiger partial charge in [0.25, 0.3) is 0 Å². The van der Waals surface area contributed by atoms with Crippen LogP contribution in [0.2, 0.25) is 0 Å². The number of nitrogens with zero attached hydrogens (tertiary/aromatic N) is 1. The molecule has 8 heteroatoms. The Kier molecular flexibility index (Phi) is 5.65. The molecule has 0 bridgehead atoms. The van der Waals surface area contributed by atoms with E-state index in [4.69, 9.17) is 9.47 Å². The van der Waals surface area contributed by atoms with E-state index in [2.05, 4.69) is 15.4 Å². The number of ether oxygens (including phenoxy) is 3. The highest BCUT2D eigenvalue weighted by atomic mass is 16.7. The van der Waals surface area contributed by atoms with Crippen LogP contribution in [0.1, 0.15) is 11.1 Å². The van der Waals surface area contributed by atoms with Crippen LogP contribution in [-0.4, -0.2) is 38.0 Å². The van der Waals surface area contributed by atoms with Crippen LogP contribution in [0.15, 0.2) is 42.5 Å². The van der Waals surface area contributed by atoms with Crippen molar-refractivity contribution in [1.29, 1.82) is 0 Å². The number of fused-ring (bicyclic) bond motifs is 1. The smallest absolute Gasteiger partial charge is 0.411 e. The number of anilines is 1. The number of urea groups is 1. The minimum Gasteiger partial charge on any atom is -0.454 e. The lowest BCUT2D eigenvalue weighted by Crippen LogP contribution is -2.36. The van der Waals surface area contributed by atoms with E-state index in [0.717, 1.165) is 16.9 Å². The Balaban J connectivity index is 1.49. The Hall–Kier alpha value is -3.42. The minimum atomic E-state index is -0.527. The van der Waals surface area contributed by atoms with E-state index < -0.39 is 6.09 Å². The fourth-order valence-corrected chi connectivity index (χ4v) is 2.57. The molecule has 0 saturated heterocycles. The zero-order valence-corrected chi connectivity index (χ0v) is 15.2. The minimum absolute atomic E-state index is 0.190. The maximum Gasteiger partial charge on any atom is 0.411 e. The molecule has 3 rings (SSSR count). The van der Waals surface area contributed by atoms with Crippen molar-refractivity contribution in [3.63, 3.8) is 0 Å². The van der Waals surface area contributed by atoms with Crippen LogP contribution in [-0.2, 0) is 17.8 Å². The molecule has 2 N–H and O–H groups in total. The molecule has 142 valence electrons. The second kappa shape index (κ2) is 8.31. The lowest BCUT2D eigenvalue weighted by atomic mass is 10.2. The largest absolute Gasteiger partial charge is 0.454 e. The molecule has 27 heavy (non-hydrogen) atoms. The number of carbonyl (C=O) groups is 2. The number of benzene rings is 2. The Bertz CT molecular complexity index is 823. The number of hydrogen-bond acceptors (Lipinski definition) is 5. The number of hydrogen-bond donors (Lipinski definition) is 2. The van der Waals surface area contributed by atoms with Gasteiger partial charge >= 0.3 is 12.1 Å².